The van der Waals surface area contributed by atoms with Crippen LogP contribution in [-0.2, 0) is 17.8 Å². The number of rotatable bonds is 5. The molecule has 0 aromatic carbocycles. The van der Waals surface area contributed by atoms with Gasteiger partial charge in [-0.25, -0.2) is 4.68 Å². The Balaban J connectivity index is 0.00000106. The average Bonchev–Trinajstić information content (AvgIpc) is 2.67. The predicted octanol–water partition coefficient (Wildman–Crippen LogP) is 2.48. The van der Waals surface area contributed by atoms with E-state index in [9.17, 15) is 4.79 Å². The minimum Gasteiger partial charge on any atom is -0.298 e. The van der Waals surface area contributed by atoms with Gasteiger partial charge in [0.1, 0.15) is 6.54 Å². The largest absolute Gasteiger partial charge is 0.298 e. The fraction of sp³-hybridized carbons (Fsp3) is 0.750. The van der Waals surface area contributed by atoms with E-state index in [2.05, 4.69) is 24.2 Å². The number of ketones is 1. The smallest absolute Gasteiger partial charge is 0.154 e. The highest BCUT2D eigenvalue weighted by Gasteiger charge is 2.05. The molecule has 0 aliphatic heterocycles. The van der Waals surface area contributed by atoms with Crippen molar-refractivity contribution in [3.63, 3.8) is 0 Å². The second-order valence-corrected chi connectivity index (χ2v) is 3.90. The van der Waals surface area contributed by atoms with Crippen LogP contribution in [0, 0.1) is 5.92 Å². The Hall–Kier alpha value is -1.19. The molecule has 0 aliphatic carbocycles. The summed E-state index contributed by atoms with van der Waals surface area (Å²) >= 11 is 0. The lowest BCUT2D eigenvalue weighted by molar-refractivity contribution is -0.119. The van der Waals surface area contributed by atoms with Gasteiger partial charge < -0.3 is 0 Å². The molecule has 1 rings (SSSR count). The Morgan fingerprint density at radius 2 is 2.06 bits per heavy atom. The monoisotopic (exact) mass is 225 g/mol. The third-order valence-corrected chi connectivity index (χ3v) is 1.94. The van der Waals surface area contributed by atoms with Crippen LogP contribution in [0.4, 0.5) is 0 Å². The lowest BCUT2D eigenvalue weighted by atomic mass is 10.1. The lowest BCUT2D eigenvalue weighted by Gasteiger charge is -1.98. The van der Waals surface area contributed by atoms with Gasteiger partial charge in [0.15, 0.2) is 5.78 Å². The van der Waals surface area contributed by atoms with E-state index in [0.29, 0.717) is 18.9 Å². The third kappa shape index (κ3) is 5.63. The number of carbonyl (C=O) groups is 1. The van der Waals surface area contributed by atoms with Gasteiger partial charge in [0.25, 0.3) is 0 Å². The molecule has 0 bridgehead atoms. The summed E-state index contributed by atoms with van der Waals surface area (Å²) < 4.78 is 1.61. The number of hydrogen-bond donors (Lipinski definition) is 0. The zero-order chi connectivity index (χ0) is 12.6. The van der Waals surface area contributed by atoms with Crippen molar-refractivity contribution in [1.82, 2.24) is 15.0 Å². The summed E-state index contributed by atoms with van der Waals surface area (Å²) in [5.41, 5.74) is 0.962. The highest BCUT2D eigenvalue weighted by atomic mass is 16.1. The molecule has 4 nitrogen and oxygen atoms in total. The summed E-state index contributed by atoms with van der Waals surface area (Å²) in [6.07, 6.45) is 3.33. The standard InChI is InChI=1S/C10H17N3O.C2H6/c1-4-10(14)7-13-6-9(11-12-13)5-8(2)3;1-2/h6,8H,4-5,7H2,1-3H3;1-2H3. The summed E-state index contributed by atoms with van der Waals surface area (Å²) in [5.74, 6) is 0.757. The van der Waals surface area contributed by atoms with E-state index in [1.807, 2.05) is 27.0 Å². The van der Waals surface area contributed by atoms with Crippen LogP contribution in [0.5, 0.6) is 0 Å². The Kier molecular flexibility index (Phi) is 7.42. The van der Waals surface area contributed by atoms with E-state index in [-0.39, 0.29) is 5.78 Å². The second-order valence-electron chi connectivity index (χ2n) is 3.90. The normalized spacial score (nSPS) is 9.88. The van der Waals surface area contributed by atoms with Crippen LogP contribution in [0.15, 0.2) is 6.20 Å². The maximum Gasteiger partial charge on any atom is 0.154 e. The molecule has 0 radical (unpaired) electrons. The average molecular weight is 225 g/mol. The van der Waals surface area contributed by atoms with Gasteiger partial charge in [-0.05, 0) is 12.3 Å². The second kappa shape index (κ2) is 8.02. The Morgan fingerprint density at radius 1 is 1.44 bits per heavy atom. The zero-order valence-electron chi connectivity index (χ0n) is 11.0. The quantitative estimate of drug-likeness (QED) is 0.773. The molecule has 0 fully saturated rings. The molecular weight excluding hydrogens is 202 g/mol. The van der Waals surface area contributed by atoms with Crippen LogP contribution < -0.4 is 0 Å². The first-order valence-electron chi connectivity index (χ1n) is 6.02. The van der Waals surface area contributed by atoms with Crippen molar-refractivity contribution in [3.8, 4) is 0 Å². The molecule has 4 heteroatoms. The van der Waals surface area contributed by atoms with Crippen LogP contribution in [0.3, 0.4) is 0 Å². The Labute approximate surface area is 98.0 Å². The molecule has 0 unspecified atom stereocenters. The maximum atomic E-state index is 11.1. The summed E-state index contributed by atoms with van der Waals surface area (Å²) in [6, 6.07) is 0. The molecule has 0 aliphatic rings. The highest BCUT2D eigenvalue weighted by Crippen LogP contribution is 2.03. The lowest BCUT2D eigenvalue weighted by Crippen LogP contribution is -2.09. The molecular formula is C12H23N3O. The van der Waals surface area contributed by atoms with Gasteiger partial charge in [0, 0.05) is 12.6 Å². The molecule has 0 saturated heterocycles. The highest BCUT2D eigenvalue weighted by molar-refractivity contribution is 5.77. The first kappa shape index (κ1) is 14.8. The first-order chi connectivity index (χ1) is 7.61. The summed E-state index contributed by atoms with van der Waals surface area (Å²) in [7, 11) is 0. The van der Waals surface area contributed by atoms with Crippen molar-refractivity contribution < 1.29 is 4.79 Å². The van der Waals surface area contributed by atoms with E-state index in [1.165, 1.54) is 0 Å². The van der Waals surface area contributed by atoms with Gasteiger partial charge in [0.2, 0.25) is 0 Å². The summed E-state index contributed by atoms with van der Waals surface area (Å²) in [5, 5.41) is 7.91. The van der Waals surface area contributed by atoms with Crippen LogP contribution in [-0.4, -0.2) is 20.8 Å². The van der Waals surface area contributed by atoms with Crippen LogP contribution in [0.1, 0.15) is 46.7 Å². The van der Waals surface area contributed by atoms with Gasteiger partial charge in [0.05, 0.1) is 5.69 Å². The Morgan fingerprint density at radius 3 is 2.56 bits per heavy atom. The van der Waals surface area contributed by atoms with Crippen molar-refractivity contribution in [2.24, 2.45) is 5.92 Å². The molecule has 1 aromatic heterocycles. The molecule has 0 amide bonds. The Bertz CT molecular complexity index is 305. The summed E-state index contributed by atoms with van der Waals surface area (Å²) in [4.78, 5) is 11.1. The summed E-state index contributed by atoms with van der Waals surface area (Å²) in [6.45, 7) is 10.5. The maximum absolute atomic E-state index is 11.1. The molecule has 1 heterocycles. The number of nitrogens with zero attached hydrogens (tertiary/aromatic N) is 3. The van der Waals surface area contributed by atoms with E-state index in [0.717, 1.165) is 12.1 Å². The zero-order valence-corrected chi connectivity index (χ0v) is 11.0. The molecule has 1 aromatic rings. The van der Waals surface area contributed by atoms with Crippen LogP contribution in [0.2, 0.25) is 0 Å². The minimum atomic E-state index is 0.186. The topological polar surface area (TPSA) is 47.8 Å². The molecule has 16 heavy (non-hydrogen) atoms. The number of hydrogen-bond acceptors (Lipinski definition) is 3. The molecule has 0 atom stereocenters. The van der Waals surface area contributed by atoms with Crippen molar-refractivity contribution >= 4 is 5.78 Å². The van der Waals surface area contributed by atoms with E-state index in [1.54, 1.807) is 4.68 Å². The number of carbonyl (C=O) groups excluding carboxylic acids is 1. The predicted molar refractivity (Wildman–Crippen MR) is 65.2 cm³/mol. The van der Waals surface area contributed by atoms with E-state index in [4.69, 9.17) is 0 Å². The van der Waals surface area contributed by atoms with Crippen LogP contribution >= 0.6 is 0 Å². The molecule has 0 N–H and O–H groups in total. The van der Waals surface area contributed by atoms with Gasteiger partial charge >= 0.3 is 0 Å². The SMILES string of the molecule is CC.CCC(=O)Cn1cc(CC(C)C)nn1. The molecule has 0 spiro atoms. The number of Topliss-reactive ketones (excluding diaryl/α,β-unsaturated/α-hetero) is 1. The van der Waals surface area contributed by atoms with Crippen molar-refractivity contribution in [3.05, 3.63) is 11.9 Å². The van der Waals surface area contributed by atoms with Crippen molar-refractivity contribution in [1.29, 1.82) is 0 Å². The van der Waals surface area contributed by atoms with Crippen LogP contribution in [0.25, 0.3) is 0 Å². The molecule has 0 saturated carbocycles. The van der Waals surface area contributed by atoms with Gasteiger partial charge in [-0.3, -0.25) is 4.79 Å². The fourth-order valence-corrected chi connectivity index (χ4v) is 1.22. The van der Waals surface area contributed by atoms with E-state index >= 15 is 0 Å². The van der Waals surface area contributed by atoms with Crippen molar-refractivity contribution in [2.45, 2.75) is 54.0 Å². The van der Waals surface area contributed by atoms with E-state index < -0.39 is 0 Å². The van der Waals surface area contributed by atoms with Gasteiger partial charge in [-0.1, -0.05) is 39.8 Å². The van der Waals surface area contributed by atoms with Crippen molar-refractivity contribution in [2.75, 3.05) is 0 Å². The fourth-order valence-electron chi connectivity index (χ4n) is 1.22. The minimum absolute atomic E-state index is 0.186. The third-order valence-electron chi connectivity index (χ3n) is 1.94. The van der Waals surface area contributed by atoms with Gasteiger partial charge in [-0.2, -0.15) is 0 Å². The number of aromatic nitrogens is 3. The molecule has 92 valence electrons. The first-order valence-corrected chi connectivity index (χ1v) is 6.02. The van der Waals surface area contributed by atoms with Gasteiger partial charge in [-0.15, -0.1) is 5.10 Å².